The van der Waals surface area contributed by atoms with Gasteiger partial charge in [0.15, 0.2) is 0 Å². The lowest BCUT2D eigenvalue weighted by molar-refractivity contribution is -0.0796. The summed E-state index contributed by atoms with van der Waals surface area (Å²) in [4.78, 5) is 4.22. The Morgan fingerprint density at radius 1 is 1.26 bits per heavy atom. The first kappa shape index (κ1) is 14.5. The molecule has 19 heavy (non-hydrogen) atoms. The van der Waals surface area contributed by atoms with Gasteiger partial charge in [-0.2, -0.15) is 0 Å². The van der Waals surface area contributed by atoms with Crippen molar-refractivity contribution < 1.29 is 4.74 Å². The summed E-state index contributed by atoms with van der Waals surface area (Å²) in [5.74, 6) is 0. The third-order valence-corrected chi connectivity index (χ3v) is 4.84. The second-order valence-electron chi connectivity index (χ2n) is 6.64. The second-order valence-corrected chi connectivity index (χ2v) is 6.64. The fourth-order valence-electron chi connectivity index (χ4n) is 3.08. The minimum absolute atomic E-state index is 0.0951. The summed E-state index contributed by atoms with van der Waals surface area (Å²) in [6.07, 6.45) is 8.06. The van der Waals surface area contributed by atoms with Crippen molar-refractivity contribution in [1.82, 2.24) is 4.98 Å². The van der Waals surface area contributed by atoms with Crippen LogP contribution >= 0.6 is 0 Å². The number of rotatable bonds is 3. The number of nitrogens with zero attached hydrogens (tertiary/aromatic N) is 1. The van der Waals surface area contributed by atoms with E-state index in [1.807, 2.05) is 18.5 Å². The van der Waals surface area contributed by atoms with Crippen LogP contribution in [0, 0.1) is 12.3 Å². The number of methoxy groups -OCH3 is 1. The zero-order valence-corrected chi connectivity index (χ0v) is 12.6. The molecule has 1 atom stereocenters. The first-order valence-corrected chi connectivity index (χ1v) is 7.11. The van der Waals surface area contributed by atoms with E-state index in [1.165, 1.54) is 5.56 Å². The Labute approximate surface area is 116 Å². The zero-order valence-electron chi connectivity index (χ0n) is 12.6. The van der Waals surface area contributed by atoms with Gasteiger partial charge in [0.05, 0.1) is 11.6 Å². The lowest BCUT2D eigenvalue weighted by Gasteiger charge is -2.46. The van der Waals surface area contributed by atoms with Crippen LogP contribution in [0.25, 0.3) is 0 Å². The van der Waals surface area contributed by atoms with E-state index in [1.54, 1.807) is 7.11 Å². The smallest absolute Gasteiger partial charge is 0.0871 e. The van der Waals surface area contributed by atoms with E-state index in [-0.39, 0.29) is 11.6 Å². The molecule has 0 bridgehead atoms. The first-order chi connectivity index (χ1) is 8.90. The van der Waals surface area contributed by atoms with Gasteiger partial charge in [0.25, 0.3) is 0 Å². The Bertz CT molecular complexity index is 432. The molecule has 1 saturated carbocycles. The Morgan fingerprint density at radius 2 is 1.89 bits per heavy atom. The van der Waals surface area contributed by atoms with E-state index in [9.17, 15) is 0 Å². The molecular formula is C16H26N2O. The Morgan fingerprint density at radius 3 is 2.42 bits per heavy atom. The lowest BCUT2D eigenvalue weighted by Crippen LogP contribution is -2.47. The topological polar surface area (TPSA) is 48.1 Å². The van der Waals surface area contributed by atoms with Crippen LogP contribution in [0.1, 0.15) is 56.7 Å². The van der Waals surface area contributed by atoms with Crippen LogP contribution in [-0.2, 0) is 4.74 Å². The standard InChI is InChI=1S/C16H26N2O/c1-12-5-10-18-11-13(12)14(17)16(19-4)8-6-15(2,3)7-9-16/h5,10-11,14H,6-9,17H2,1-4H3. The molecule has 106 valence electrons. The zero-order chi connectivity index (χ0) is 14.1. The fraction of sp³-hybridized carbons (Fsp3) is 0.688. The van der Waals surface area contributed by atoms with E-state index in [2.05, 4.69) is 25.8 Å². The third-order valence-electron chi connectivity index (χ3n) is 4.84. The van der Waals surface area contributed by atoms with Crippen LogP contribution in [0.2, 0.25) is 0 Å². The highest BCUT2D eigenvalue weighted by atomic mass is 16.5. The van der Waals surface area contributed by atoms with Gasteiger partial charge in [-0.1, -0.05) is 13.8 Å². The summed E-state index contributed by atoms with van der Waals surface area (Å²) in [5.41, 5.74) is 9.03. The van der Waals surface area contributed by atoms with Crippen LogP contribution < -0.4 is 5.73 Å². The molecule has 1 aromatic heterocycles. The van der Waals surface area contributed by atoms with Crippen LogP contribution in [0.4, 0.5) is 0 Å². The van der Waals surface area contributed by atoms with Gasteiger partial charge in [-0.15, -0.1) is 0 Å². The molecule has 0 amide bonds. The van der Waals surface area contributed by atoms with Gasteiger partial charge in [-0.25, -0.2) is 0 Å². The molecule has 2 rings (SSSR count). The summed E-state index contributed by atoms with van der Waals surface area (Å²) in [5, 5.41) is 0. The highest BCUT2D eigenvalue weighted by molar-refractivity contribution is 5.27. The van der Waals surface area contributed by atoms with Crippen LogP contribution in [0.15, 0.2) is 18.5 Å². The van der Waals surface area contributed by atoms with Crippen molar-refractivity contribution in [2.24, 2.45) is 11.1 Å². The molecule has 0 saturated heterocycles. The number of ether oxygens (including phenoxy) is 1. The predicted molar refractivity (Wildman–Crippen MR) is 77.9 cm³/mol. The number of hydrogen-bond donors (Lipinski definition) is 1. The predicted octanol–water partition coefficient (Wildman–Crippen LogP) is 3.38. The van der Waals surface area contributed by atoms with Crippen molar-refractivity contribution in [1.29, 1.82) is 0 Å². The summed E-state index contributed by atoms with van der Waals surface area (Å²) in [6.45, 7) is 6.74. The third kappa shape index (κ3) is 2.82. The van der Waals surface area contributed by atoms with Crippen molar-refractivity contribution in [3.8, 4) is 0 Å². The van der Waals surface area contributed by atoms with Gasteiger partial charge in [0.1, 0.15) is 0 Å². The molecule has 1 aromatic rings. The first-order valence-electron chi connectivity index (χ1n) is 7.11. The maximum atomic E-state index is 6.54. The SMILES string of the molecule is COC1(C(N)c2cnccc2C)CCC(C)(C)CC1. The molecule has 0 aliphatic heterocycles. The summed E-state index contributed by atoms with van der Waals surface area (Å²) in [7, 11) is 1.80. The number of aryl methyl sites for hydroxylation is 1. The molecule has 0 radical (unpaired) electrons. The van der Waals surface area contributed by atoms with E-state index in [0.29, 0.717) is 5.41 Å². The van der Waals surface area contributed by atoms with Crippen molar-refractivity contribution in [2.75, 3.05) is 7.11 Å². The van der Waals surface area contributed by atoms with Gasteiger partial charge < -0.3 is 10.5 Å². The van der Waals surface area contributed by atoms with Crippen molar-refractivity contribution in [3.63, 3.8) is 0 Å². The molecule has 1 unspecified atom stereocenters. The molecule has 1 aliphatic rings. The Kier molecular flexibility index (Phi) is 3.98. The summed E-state index contributed by atoms with van der Waals surface area (Å²) in [6, 6.07) is 1.92. The van der Waals surface area contributed by atoms with Crippen molar-refractivity contribution in [3.05, 3.63) is 29.6 Å². The number of nitrogens with two attached hydrogens (primary N) is 1. The highest BCUT2D eigenvalue weighted by Crippen LogP contribution is 2.46. The minimum atomic E-state index is -0.233. The molecule has 0 aromatic carbocycles. The molecule has 3 nitrogen and oxygen atoms in total. The molecule has 1 aliphatic carbocycles. The van der Waals surface area contributed by atoms with Gasteiger partial charge in [-0.3, -0.25) is 4.98 Å². The fourth-order valence-corrected chi connectivity index (χ4v) is 3.08. The van der Waals surface area contributed by atoms with Gasteiger partial charge in [0.2, 0.25) is 0 Å². The van der Waals surface area contributed by atoms with Gasteiger partial charge >= 0.3 is 0 Å². The molecule has 3 heteroatoms. The average molecular weight is 262 g/mol. The second kappa shape index (κ2) is 5.22. The monoisotopic (exact) mass is 262 g/mol. The maximum absolute atomic E-state index is 6.54. The maximum Gasteiger partial charge on any atom is 0.0871 e. The minimum Gasteiger partial charge on any atom is -0.376 e. The molecule has 1 fully saturated rings. The number of pyridine rings is 1. The molecule has 0 spiro atoms. The van der Waals surface area contributed by atoms with Gasteiger partial charge in [0, 0.05) is 19.5 Å². The van der Waals surface area contributed by atoms with Crippen LogP contribution in [0.3, 0.4) is 0 Å². The normalized spacial score (nSPS) is 23.0. The Balaban J connectivity index is 2.25. The molecular weight excluding hydrogens is 236 g/mol. The largest absolute Gasteiger partial charge is 0.376 e. The van der Waals surface area contributed by atoms with E-state index in [0.717, 1.165) is 31.2 Å². The van der Waals surface area contributed by atoms with E-state index < -0.39 is 0 Å². The number of hydrogen-bond acceptors (Lipinski definition) is 3. The molecule has 1 heterocycles. The number of aromatic nitrogens is 1. The van der Waals surface area contributed by atoms with Crippen molar-refractivity contribution in [2.45, 2.75) is 58.1 Å². The van der Waals surface area contributed by atoms with Crippen molar-refractivity contribution >= 4 is 0 Å². The van der Waals surface area contributed by atoms with Crippen LogP contribution in [0.5, 0.6) is 0 Å². The van der Waals surface area contributed by atoms with Gasteiger partial charge in [-0.05, 0) is 55.2 Å². The van der Waals surface area contributed by atoms with Crippen LogP contribution in [-0.4, -0.2) is 17.7 Å². The Hall–Kier alpha value is -0.930. The quantitative estimate of drug-likeness (QED) is 0.908. The van der Waals surface area contributed by atoms with E-state index in [4.69, 9.17) is 10.5 Å². The highest BCUT2D eigenvalue weighted by Gasteiger charge is 2.43. The summed E-state index contributed by atoms with van der Waals surface area (Å²) >= 11 is 0. The van der Waals surface area contributed by atoms with E-state index >= 15 is 0 Å². The summed E-state index contributed by atoms with van der Waals surface area (Å²) < 4.78 is 5.89. The average Bonchev–Trinajstić information content (AvgIpc) is 2.39. The lowest BCUT2D eigenvalue weighted by atomic mass is 9.67. The molecule has 2 N–H and O–H groups in total.